The Morgan fingerprint density at radius 1 is 1.04 bits per heavy atom. The molecule has 0 saturated heterocycles. The Hall–Kier alpha value is -2.49. The summed E-state index contributed by atoms with van der Waals surface area (Å²) in [5.74, 6) is 1.44. The molecular formula is C19H22N2O2. The van der Waals surface area contributed by atoms with Gasteiger partial charge < -0.3 is 15.4 Å². The third-order valence-electron chi connectivity index (χ3n) is 3.92. The molecule has 0 radical (unpaired) electrons. The van der Waals surface area contributed by atoms with Crippen molar-refractivity contribution in [3.63, 3.8) is 0 Å². The van der Waals surface area contributed by atoms with Crippen molar-refractivity contribution in [3.05, 3.63) is 59.7 Å². The summed E-state index contributed by atoms with van der Waals surface area (Å²) in [4.78, 5) is 12.2. The van der Waals surface area contributed by atoms with E-state index < -0.39 is 0 Å². The van der Waals surface area contributed by atoms with Gasteiger partial charge in [0.25, 0.3) is 5.91 Å². The maximum absolute atomic E-state index is 12.2. The van der Waals surface area contributed by atoms with Crippen molar-refractivity contribution in [2.75, 3.05) is 11.9 Å². The first kappa shape index (κ1) is 15.4. The van der Waals surface area contributed by atoms with Gasteiger partial charge in [-0.15, -0.1) is 0 Å². The summed E-state index contributed by atoms with van der Waals surface area (Å²) >= 11 is 0. The number of ether oxygens (including phenoxy) is 1. The molecular weight excluding hydrogens is 288 g/mol. The first-order valence-corrected chi connectivity index (χ1v) is 8.02. The minimum Gasteiger partial charge on any atom is -0.494 e. The molecule has 2 aromatic carbocycles. The highest BCUT2D eigenvalue weighted by molar-refractivity contribution is 6.01. The van der Waals surface area contributed by atoms with Crippen LogP contribution in [0, 0.1) is 5.92 Å². The molecule has 1 aliphatic rings. The predicted octanol–water partition coefficient (Wildman–Crippen LogP) is 3.97. The van der Waals surface area contributed by atoms with Gasteiger partial charge in [0.2, 0.25) is 0 Å². The van der Waals surface area contributed by atoms with E-state index in [-0.39, 0.29) is 12.1 Å². The highest BCUT2D eigenvalue weighted by atomic mass is 16.5. The molecule has 3 rings (SSSR count). The van der Waals surface area contributed by atoms with Crippen molar-refractivity contribution in [1.82, 2.24) is 5.32 Å². The van der Waals surface area contributed by atoms with Gasteiger partial charge in [-0.05, 0) is 42.2 Å². The largest absolute Gasteiger partial charge is 0.494 e. The van der Waals surface area contributed by atoms with Gasteiger partial charge >= 0.3 is 0 Å². The fourth-order valence-electron chi connectivity index (χ4n) is 2.54. The van der Waals surface area contributed by atoms with Crippen LogP contribution in [-0.2, 0) is 0 Å². The fourth-order valence-corrected chi connectivity index (χ4v) is 2.54. The molecule has 23 heavy (non-hydrogen) atoms. The molecule has 1 amide bonds. The Balaban J connectivity index is 1.67. The van der Waals surface area contributed by atoms with E-state index in [0.29, 0.717) is 11.5 Å². The molecule has 0 aromatic heterocycles. The Labute approximate surface area is 136 Å². The number of hydrogen-bond donors (Lipinski definition) is 2. The van der Waals surface area contributed by atoms with E-state index in [1.165, 1.54) is 0 Å². The molecule has 1 atom stereocenters. The van der Waals surface area contributed by atoms with Gasteiger partial charge in [0, 0.05) is 5.69 Å². The Morgan fingerprint density at radius 3 is 2.52 bits per heavy atom. The Kier molecular flexibility index (Phi) is 4.51. The van der Waals surface area contributed by atoms with Crippen LogP contribution in [0.4, 0.5) is 5.69 Å². The van der Waals surface area contributed by atoms with E-state index in [1.807, 2.05) is 48.5 Å². The summed E-state index contributed by atoms with van der Waals surface area (Å²) in [7, 11) is 0. The van der Waals surface area contributed by atoms with Crippen molar-refractivity contribution < 1.29 is 9.53 Å². The quantitative estimate of drug-likeness (QED) is 0.878. The Morgan fingerprint density at radius 2 is 1.78 bits per heavy atom. The summed E-state index contributed by atoms with van der Waals surface area (Å²) in [6, 6.07) is 15.4. The second-order valence-electron chi connectivity index (χ2n) is 6.20. The lowest BCUT2D eigenvalue weighted by molar-refractivity contribution is 0.0935. The number of benzene rings is 2. The van der Waals surface area contributed by atoms with Crippen LogP contribution in [0.1, 0.15) is 42.4 Å². The number of amides is 1. The maximum atomic E-state index is 12.2. The van der Waals surface area contributed by atoms with Crippen molar-refractivity contribution >= 4 is 11.6 Å². The van der Waals surface area contributed by atoms with Gasteiger partial charge in [-0.25, -0.2) is 0 Å². The van der Waals surface area contributed by atoms with E-state index in [4.69, 9.17) is 4.74 Å². The first-order valence-electron chi connectivity index (χ1n) is 8.02. The van der Waals surface area contributed by atoms with Gasteiger partial charge in [0.05, 0.1) is 12.2 Å². The zero-order valence-corrected chi connectivity index (χ0v) is 13.5. The number of hydrogen-bond acceptors (Lipinski definition) is 3. The number of rotatable bonds is 5. The normalized spacial score (nSPS) is 16.5. The molecule has 0 aliphatic carbocycles. The van der Waals surface area contributed by atoms with E-state index in [9.17, 15) is 4.79 Å². The average molecular weight is 310 g/mol. The summed E-state index contributed by atoms with van der Waals surface area (Å²) in [5, 5.41) is 6.32. The molecule has 2 N–H and O–H groups in total. The molecule has 0 saturated carbocycles. The number of fused-ring (bicyclic) bond motifs is 1. The molecule has 120 valence electrons. The van der Waals surface area contributed by atoms with Crippen molar-refractivity contribution in [1.29, 1.82) is 0 Å². The number of nitrogens with one attached hydrogen (secondary N) is 2. The van der Waals surface area contributed by atoms with Crippen molar-refractivity contribution in [2.24, 2.45) is 5.92 Å². The lowest BCUT2D eigenvalue weighted by Gasteiger charge is -2.28. The molecule has 1 aliphatic heterocycles. The topological polar surface area (TPSA) is 50.4 Å². The lowest BCUT2D eigenvalue weighted by Crippen LogP contribution is -2.38. The maximum Gasteiger partial charge on any atom is 0.255 e. The first-order chi connectivity index (χ1) is 11.1. The van der Waals surface area contributed by atoms with Crippen LogP contribution < -0.4 is 15.4 Å². The minimum absolute atomic E-state index is 0.0541. The van der Waals surface area contributed by atoms with Gasteiger partial charge in [-0.1, -0.05) is 38.1 Å². The standard InChI is InChI=1S/C19H22N2O2/c1-13(2)11-12-23-15-9-7-14(8-10-15)18-20-17-6-4-3-5-16(17)19(22)21-18/h3-10,13,18,20H,11-12H2,1-2H3,(H,21,22). The third kappa shape index (κ3) is 3.65. The SMILES string of the molecule is CC(C)CCOc1ccc(C2NC(=O)c3ccccc3N2)cc1. The minimum atomic E-state index is -0.220. The number of carbonyl (C=O) groups excluding carboxylic acids is 1. The van der Waals surface area contributed by atoms with Crippen LogP contribution in [-0.4, -0.2) is 12.5 Å². The molecule has 1 heterocycles. The molecule has 0 bridgehead atoms. The lowest BCUT2D eigenvalue weighted by atomic mass is 10.1. The summed E-state index contributed by atoms with van der Waals surface area (Å²) < 4.78 is 5.73. The molecule has 4 nitrogen and oxygen atoms in total. The van der Waals surface area contributed by atoms with Crippen molar-refractivity contribution in [2.45, 2.75) is 26.4 Å². The fraction of sp³-hybridized carbons (Fsp3) is 0.316. The number of carbonyl (C=O) groups is 1. The second kappa shape index (κ2) is 6.73. The Bertz CT molecular complexity index is 680. The summed E-state index contributed by atoms with van der Waals surface area (Å²) in [5.41, 5.74) is 2.54. The highest BCUT2D eigenvalue weighted by Gasteiger charge is 2.23. The monoisotopic (exact) mass is 310 g/mol. The predicted molar refractivity (Wildman–Crippen MR) is 91.7 cm³/mol. The smallest absolute Gasteiger partial charge is 0.255 e. The average Bonchev–Trinajstić information content (AvgIpc) is 2.55. The van der Waals surface area contributed by atoms with Crippen LogP contribution in [0.5, 0.6) is 5.75 Å². The van der Waals surface area contributed by atoms with Crippen LogP contribution in [0.3, 0.4) is 0 Å². The van der Waals surface area contributed by atoms with E-state index in [2.05, 4.69) is 24.5 Å². The second-order valence-corrected chi connectivity index (χ2v) is 6.20. The zero-order chi connectivity index (χ0) is 16.2. The molecule has 0 spiro atoms. The molecule has 1 unspecified atom stereocenters. The zero-order valence-electron chi connectivity index (χ0n) is 13.5. The van der Waals surface area contributed by atoms with Gasteiger partial charge in [0.1, 0.15) is 11.9 Å². The highest BCUT2D eigenvalue weighted by Crippen LogP contribution is 2.27. The van der Waals surface area contributed by atoms with Crippen LogP contribution in [0.15, 0.2) is 48.5 Å². The van der Waals surface area contributed by atoms with Crippen LogP contribution >= 0.6 is 0 Å². The molecule has 2 aromatic rings. The summed E-state index contributed by atoms with van der Waals surface area (Å²) in [6.07, 6.45) is 0.820. The van der Waals surface area contributed by atoms with Gasteiger partial charge in [-0.3, -0.25) is 4.79 Å². The van der Waals surface area contributed by atoms with Gasteiger partial charge in [-0.2, -0.15) is 0 Å². The van der Waals surface area contributed by atoms with E-state index in [1.54, 1.807) is 0 Å². The number of para-hydroxylation sites is 1. The van der Waals surface area contributed by atoms with Crippen LogP contribution in [0.25, 0.3) is 0 Å². The van der Waals surface area contributed by atoms with Gasteiger partial charge in [0.15, 0.2) is 0 Å². The van der Waals surface area contributed by atoms with Crippen molar-refractivity contribution in [3.8, 4) is 5.75 Å². The van der Waals surface area contributed by atoms with Crippen LogP contribution in [0.2, 0.25) is 0 Å². The van der Waals surface area contributed by atoms with E-state index in [0.717, 1.165) is 30.0 Å². The number of anilines is 1. The van der Waals surface area contributed by atoms with E-state index >= 15 is 0 Å². The third-order valence-corrected chi connectivity index (χ3v) is 3.92. The summed E-state index contributed by atoms with van der Waals surface area (Å²) in [6.45, 7) is 5.09. The molecule has 0 fully saturated rings. The molecule has 4 heteroatoms.